The highest BCUT2D eigenvalue weighted by atomic mass is 79.9. The molecule has 0 bridgehead atoms. The first-order valence-corrected chi connectivity index (χ1v) is 5.19. The zero-order valence-corrected chi connectivity index (χ0v) is 9.11. The Labute approximate surface area is 73.5 Å². The molecule has 0 radical (unpaired) electrons. The third-order valence-corrected chi connectivity index (χ3v) is 3.94. The van der Waals surface area contributed by atoms with Gasteiger partial charge in [-0.25, -0.2) is 0 Å². The molecule has 62 valence electrons. The minimum atomic E-state index is 0.711. The Kier molecular flexibility index (Phi) is 5.42. The van der Waals surface area contributed by atoms with Crippen molar-refractivity contribution in [2.45, 2.75) is 45.4 Å². The topological polar surface area (TPSA) is 0 Å². The van der Waals surface area contributed by atoms with Gasteiger partial charge in [0, 0.05) is 4.83 Å². The summed E-state index contributed by atoms with van der Waals surface area (Å²) in [6.07, 6.45) is 2.59. The van der Waals surface area contributed by atoms with E-state index in [2.05, 4.69) is 43.6 Å². The molecule has 0 aliphatic heterocycles. The van der Waals surface area contributed by atoms with Gasteiger partial charge in [-0.15, -0.1) is 0 Å². The fraction of sp³-hybridized carbons (Fsp3) is 1.00. The maximum Gasteiger partial charge on any atom is 0.0196 e. The van der Waals surface area contributed by atoms with Crippen molar-refractivity contribution in [2.75, 3.05) is 0 Å². The summed E-state index contributed by atoms with van der Waals surface area (Å²) < 4.78 is 0. The number of alkyl halides is 1. The zero-order valence-electron chi connectivity index (χ0n) is 7.52. The summed E-state index contributed by atoms with van der Waals surface area (Å²) in [7, 11) is 0. The highest BCUT2D eigenvalue weighted by molar-refractivity contribution is 9.09. The lowest BCUT2D eigenvalue weighted by atomic mass is 9.93. The van der Waals surface area contributed by atoms with Crippen molar-refractivity contribution in [3.8, 4) is 0 Å². The quantitative estimate of drug-likeness (QED) is 0.614. The first-order valence-electron chi connectivity index (χ1n) is 4.27. The maximum absolute atomic E-state index is 3.73. The molecule has 1 unspecified atom stereocenters. The fourth-order valence-electron chi connectivity index (χ4n) is 1.28. The van der Waals surface area contributed by atoms with E-state index in [0.29, 0.717) is 4.83 Å². The summed E-state index contributed by atoms with van der Waals surface area (Å²) in [5, 5.41) is 0. The van der Waals surface area contributed by atoms with Crippen molar-refractivity contribution in [3.05, 3.63) is 0 Å². The molecule has 0 saturated carbocycles. The predicted molar refractivity (Wildman–Crippen MR) is 51.6 cm³/mol. The van der Waals surface area contributed by atoms with Gasteiger partial charge >= 0.3 is 0 Å². The van der Waals surface area contributed by atoms with Crippen molar-refractivity contribution in [1.82, 2.24) is 0 Å². The minimum absolute atomic E-state index is 0.711. The number of hydrogen-bond donors (Lipinski definition) is 0. The van der Waals surface area contributed by atoms with E-state index in [1.807, 2.05) is 0 Å². The van der Waals surface area contributed by atoms with Gasteiger partial charge < -0.3 is 0 Å². The van der Waals surface area contributed by atoms with Crippen molar-refractivity contribution >= 4 is 15.9 Å². The number of rotatable bonds is 4. The molecule has 0 aromatic carbocycles. The summed E-state index contributed by atoms with van der Waals surface area (Å²) in [4.78, 5) is 0.711. The van der Waals surface area contributed by atoms with E-state index in [4.69, 9.17) is 0 Å². The molecule has 10 heavy (non-hydrogen) atoms. The first-order chi connectivity index (χ1) is 4.63. The van der Waals surface area contributed by atoms with Crippen LogP contribution in [0.5, 0.6) is 0 Å². The molecular formula is C9H19Br. The second kappa shape index (κ2) is 5.17. The molecule has 0 heterocycles. The molecule has 0 fully saturated rings. The third-order valence-electron chi connectivity index (χ3n) is 2.14. The highest BCUT2D eigenvalue weighted by Crippen LogP contribution is 2.26. The van der Waals surface area contributed by atoms with Crippen LogP contribution in [0.1, 0.15) is 40.5 Å². The molecular weight excluding hydrogens is 188 g/mol. The van der Waals surface area contributed by atoms with Gasteiger partial charge in [-0.3, -0.25) is 0 Å². The third kappa shape index (κ3) is 3.05. The Morgan fingerprint density at radius 2 is 1.50 bits per heavy atom. The van der Waals surface area contributed by atoms with Crippen LogP contribution in [0.3, 0.4) is 0 Å². The average Bonchev–Trinajstić information content (AvgIpc) is 1.90. The van der Waals surface area contributed by atoms with E-state index < -0.39 is 0 Å². The molecule has 0 rings (SSSR count). The predicted octanol–water partition coefficient (Wildman–Crippen LogP) is 3.84. The van der Waals surface area contributed by atoms with E-state index in [1.54, 1.807) is 0 Å². The average molecular weight is 207 g/mol. The van der Waals surface area contributed by atoms with Crippen LogP contribution in [-0.4, -0.2) is 4.83 Å². The molecule has 0 aromatic heterocycles. The van der Waals surface area contributed by atoms with Gasteiger partial charge in [0.1, 0.15) is 0 Å². The molecule has 0 aliphatic carbocycles. The standard InChI is InChI=1S/C9H19Br/c1-5-8(6-2)9(10)7(3)4/h7-9H,5-6H2,1-4H3. The normalized spacial score (nSPS) is 14.7. The molecule has 1 heteroatoms. The van der Waals surface area contributed by atoms with E-state index in [0.717, 1.165) is 11.8 Å². The van der Waals surface area contributed by atoms with Gasteiger partial charge in [-0.05, 0) is 11.8 Å². The summed E-state index contributed by atoms with van der Waals surface area (Å²) in [5.74, 6) is 1.63. The van der Waals surface area contributed by atoms with Crippen LogP contribution in [0.2, 0.25) is 0 Å². The largest absolute Gasteiger partial charge is 0.0885 e. The molecule has 0 amide bonds. The van der Waals surface area contributed by atoms with Crippen LogP contribution in [0.25, 0.3) is 0 Å². The van der Waals surface area contributed by atoms with Gasteiger partial charge in [-0.1, -0.05) is 56.5 Å². The lowest BCUT2D eigenvalue weighted by molar-refractivity contribution is 0.410. The van der Waals surface area contributed by atoms with Crippen LogP contribution >= 0.6 is 15.9 Å². The SMILES string of the molecule is CCC(CC)C(Br)C(C)C. The Morgan fingerprint density at radius 1 is 1.10 bits per heavy atom. The van der Waals surface area contributed by atoms with E-state index >= 15 is 0 Å². The summed E-state index contributed by atoms with van der Waals surface area (Å²) in [5.41, 5.74) is 0. The lowest BCUT2D eigenvalue weighted by Gasteiger charge is -2.22. The molecule has 0 N–H and O–H groups in total. The molecule has 0 spiro atoms. The number of hydrogen-bond acceptors (Lipinski definition) is 0. The Morgan fingerprint density at radius 3 is 1.60 bits per heavy atom. The van der Waals surface area contributed by atoms with Crippen molar-refractivity contribution in [2.24, 2.45) is 11.8 Å². The van der Waals surface area contributed by atoms with Gasteiger partial charge in [0.05, 0.1) is 0 Å². The van der Waals surface area contributed by atoms with Gasteiger partial charge in [-0.2, -0.15) is 0 Å². The highest BCUT2D eigenvalue weighted by Gasteiger charge is 2.17. The van der Waals surface area contributed by atoms with Gasteiger partial charge in [0.15, 0.2) is 0 Å². The summed E-state index contributed by atoms with van der Waals surface area (Å²) in [6.45, 7) is 9.09. The summed E-state index contributed by atoms with van der Waals surface area (Å²) in [6, 6.07) is 0. The molecule has 0 saturated heterocycles. The molecule has 0 nitrogen and oxygen atoms in total. The first kappa shape index (κ1) is 10.5. The van der Waals surface area contributed by atoms with Gasteiger partial charge in [0.25, 0.3) is 0 Å². The van der Waals surface area contributed by atoms with Crippen molar-refractivity contribution in [3.63, 3.8) is 0 Å². The number of halogens is 1. The molecule has 1 atom stereocenters. The minimum Gasteiger partial charge on any atom is -0.0885 e. The fourth-order valence-corrected chi connectivity index (χ4v) is 2.03. The van der Waals surface area contributed by atoms with E-state index in [9.17, 15) is 0 Å². The second-order valence-corrected chi connectivity index (χ2v) is 4.32. The lowest BCUT2D eigenvalue weighted by Crippen LogP contribution is -2.18. The summed E-state index contributed by atoms with van der Waals surface area (Å²) >= 11 is 3.73. The zero-order chi connectivity index (χ0) is 8.15. The Balaban J connectivity index is 3.76. The van der Waals surface area contributed by atoms with Crippen molar-refractivity contribution < 1.29 is 0 Å². The smallest absolute Gasteiger partial charge is 0.0196 e. The van der Waals surface area contributed by atoms with E-state index in [1.165, 1.54) is 12.8 Å². The monoisotopic (exact) mass is 206 g/mol. The van der Waals surface area contributed by atoms with Crippen LogP contribution in [-0.2, 0) is 0 Å². The van der Waals surface area contributed by atoms with Crippen LogP contribution in [0.4, 0.5) is 0 Å². The Bertz CT molecular complexity index is 74.8. The van der Waals surface area contributed by atoms with Gasteiger partial charge in [0.2, 0.25) is 0 Å². The van der Waals surface area contributed by atoms with Crippen LogP contribution in [0, 0.1) is 11.8 Å². The van der Waals surface area contributed by atoms with Crippen LogP contribution in [0.15, 0.2) is 0 Å². The van der Waals surface area contributed by atoms with Crippen molar-refractivity contribution in [1.29, 1.82) is 0 Å². The van der Waals surface area contributed by atoms with E-state index in [-0.39, 0.29) is 0 Å². The second-order valence-electron chi connectivity index (χ2n) is 3.27. The van der Waals surface area contributed by atoms with Crippen LogP contribution < -0.4 is 0 Å². The molecule has 0 aliphatic rings. The molecule has 0 aromatic rings. The maximum atomic E-state index is 3.73. The Hall–Kier alpha value is 0.480.